The Morgan fingerprint density at radius 1 is 1.05 bits per heavy atom. The van der Waals surface area contributed by atoms with Crippen molar-refractivity contribution in [2.75, 3.05) is 21.3 Å². The quantitative estimate of drug-likeness (QED) is 0.740. The Morgan fingerprint density at radius 2 is 1.75 bits per heavy atom. The average molecular weight is 290 g/mol. The summed E-state index contributed by atoms with van der Waals surface area (Å²) < 4.78 is 18.0. The first kappa shape index (κ1) is 12.8. The van der Waals surface area contributed by atoms with Gasteiger partial charge in [-0.2, -0.15) is 0 Å². The van der Waals surface area contributed by atoms with Gasteiger partial charge in [-0.15, -0.1) is 11.3 Å². The lowest BCUT2D eigenvalue weighted by Gasteiger charge is -2.13. The van der Waals surface area contributed by atoms with Crippen LogP contribution < -0.4 is 14.2 Å². The lowest BCUT2D eigenvalue weighted by atomic mass is 10.1. The molecule has 2 aromatic heterocycles. The van der Waals surface area contributed by atoms with Gasteiger partial charge in [0.25, 0.3) is 0 Å². The van der Waals surface area contributed by atoms with Crippen molar-refractivity contribution in [1.29, 1.82) is 0 Å². The highest BCUT2D eigenvalue weighted by Crippen LogP contribution is 2.41. The molecule has 0 aliphatic carbocycles. The second-order valence-electron chi connectivity index (χ2n) is 4.13. The SMILES string of the molecule is COc1cc(-c2cn3ccsc3n2)cc(OC)c1OC. The number of thiazole rings is 1. The number of nitrogens with zero attached hydrogens (tertiary/aromatic N) is 2. The molecule has 0 saturated carbocycles. The molecule has 0 aliphatic rings. The van der Waals surface area contributed by atoms with Crippen molar-refractivity contribution in [2.45, 2.75) is 0 Å². The number of aromatic nitrogens is 2. The van der Waals surface area contributed by atoms with E-state index >= 15 is 0 Å². The van der Waals surface area contributed by atoms with Crippen LogP contribution in [-0.4, -0.2) is 30.7 Å². The monoisotopic (exact) mass is 290 g/mol. The third kappa shape index (κ3) is 1.98. The Balaban J connectivity index is 2.15. The zero-order valence-corrected chi connectivity index (χ0v) is 12.2. The lowest BCUT2D eigenvalue weighted by Crippen LogP contribution is -1.95. The van der Waals surface area contributed by atoms with Crippen molar-refractivity contribution < 1.29 is 14.2 Å². The van der Waals surface area contributed by atoms with Crippen LogP contribution in [0.4, 0.5) is 0 Å². The molecule has 3 rings (SSSR count). The van der Waals surface area contributed by atoms with Crippen molar-refractivity contribution in [1.82, 2.24) is 9.38 Å². The summed E-state index contributed by atoms with van der Waals surface area (Å²) in [5.74, 6) is 1.83. The number of ether oxygens (including phenoxy) is 3. The molecule has 5 nitrogen and oxygen atoms in total. The fourth-order valence-electron chi connectivity index (χ4n) is 2.10. The minimum atomic E-state index is 0.583. The molecule has 0 bridgehead atoms. The van der Waals surface area contributed by atoms with Crippen LogP contribution in [0.2, 0.25) is 0 Å². The van der Waals surface area contributed by atoms with E-state index in [9.17, 15) is 0 Å². The van der Waals surface area contributed by atoms with Gasteiger partial charge in [0.1, 0.15) is 0 Å². The number of imidazole rings is 1. The van der Waals surface area contributed by atoms with E-state index in [-0.39, 0.29) is 0 Å². The van der Waals surface area contributed by atoms with Crippen LogP contribution in [-0.2, 0) is 0 Å². The Hall–Kier alpha value is -2.21. The number of hydrogen-bond donors (Lipinski definition) is 0. The fourth-order valence-corrected chi connectivity index (χ4v) is 2.80. The van der Waals surface area contributed by atoms with Gasteiger partial charge in [-0.05, 0) is 12.1 Å². The highest BCUT2D eigenvalue weighted by Gasteiger charge is 2.15. The fraction of sp³-hybridized carbons (Fsp3) is 0.214. The third-order valence-electron chi connectivity index (χ3n) is 3.05. The topological polar surface area (TPSA) is 45.0 Å². The molecule has 104 valence electrons. The molecule has 3 aromatic rings. The van der Waals surface area contributed by atoms with E-state index in [1.54, 1.807) is 32.7 Å². The maximum Gasteiger partial charge on any atom is 0.203 e. The summed E-state index contributed by atoms with van der Waals surface area (Å²) in [7, 11) is 4.80. The predicted molar refractivity (Wildman–Crippen MR) is 78.2 cm³/mol. The smallest absolute Gasteiger partial charge is 0.203 e. The largest absolute Gasteiger partial charge is 0.493 e. The van der Waals surface area contributed by atoms with E-state index in [1.165, 1.54) is 0 Å². The summed E-state index contributed by atoms with van der Waals surface area (Å²) in [5, 5.41) is 2.00. The van der Waals surface area contributed by atoms with Gasteiger partial charge < -0.3 is 14.2 Å². The highest BCUT2D eigenvalue weighted by molar-refractivity contribution is 7.15. The van der Waals surface area contributed by atoms with Crippen LogP contribution in [0.1, 0.15) is 0 Å². The molecule has 0 fully saturated rings. The van der Waals surface area contributed by atoms with Crippen molar-refractivity contribution >= 4 is 16.3 Å². The van der Waals surface area contributed by atoms with E-state index < -0.39 is 0 Å². The van der Waals surface area contributed by atoms with Gasteiger partial charge >= 0.3 is 0 Å². The molecule has 6 heteroatoms. The molecule has 0 atom stereocenters. The lowest BCUT2D eigenvalue weighted by molar-refractivity contribution is 0.324. The number of hydrogen-bond acceptors (Lipinski definition) is 5. The van der Waals surface area contributed by atoms with Gasteiger partial charge in [0.05, 0.1) is 27.0 Å². The first-order valence-electron chi connectivity index (χ1n) is 5.99. The predicted octanol–water partition coefficient (Wildman–Crippen LogP) is 3.09. The van der Waals surface area contributed by atoms with Crippen molar-refractivity contribution in [3.63, 3.8) is 0 Å². The third-order valence-corrected chi connectivity index (χ3v) is 3.82. The molecule has 0 amide bonds. The number of benzene rings is 1. The standard InChI is InChI=1S/C14H14N2O3S/c1-17-11-6-9(7-12(18-2)13(11)19-3)10-8-16-4-5-20-14(16)15-10/h4-8H,1-3H3. The molecule has 1 aromatic carbocycles. The molecule has 0 N–H and O–H groups in total. The maximum atomic E-state index is 5.36. The van der Waals surface area contributed by atoms with Crippen LogP contribution in [0, 0.1) is 0 Å². The van der Waals surface area contributed by atoms with E-state index in [0.29, 0.717) is 17.2 Å². The summed E-state index contributed by atoms with van der Waals surface area (Å²) in [6.07, 6.45) is 3.96. The molecule has 0 aliphatic heterocycles. The van der Waals surface area contributed by atoms with Gasteiger partial charge in [0, 0.05) is 23.3 Å². The maximum absolute atomic E-state index is 5.36. The normalized spacial score (nSPS) is 10.8. The second-order valence-corrected chi connectivity index (χ2v) is 5.01. The first-order valence-corrected chi connectivity index (χ1v) is 6.87. The van der Waals surface area contributed by atoms with Crippen molar-refractivity contribution in [3.8, 4) is 28.5 Å². The number of methoxy groups -OCH3 is 3. The summed E-state index contributed by atoms with van der Waals surface area (Å²) in [6, 6.07) is 3.79. The van der Waals surface area contributed by atoms with Crippen molar-refractivity contribution in [2.24, 2.45) is 0 Å². The highest BCUT2D eigenvalue weighted by atomic mass is 32.1. The minimum absolute atomic E-state index is 0.583. The van der Waals surface area contributed by atoms with Crippen LogP contribution in [0.15, 0.2) is 29.9 Å². The number of rotatable bonds is 4. The van der Waals surface area contributed by atoms with E-state index in [1.807, 2.05) is 34.3 Å². The molecule has 20 heavy (non-hydrogen) atoms. The summed E-state index contributed by atoms with van der Waals surface area (Å²) in [5.41, 5.74) is 1.80. The van der Waals surface area contributed by atoms with Crippen molar-refractivity contribution in [3.05, 3.63) is 29.9 Å². The molecular formula is C14H14N2O3S. The molecule has 0 radical (unpaired) electrons. The zero-order valence-electron chi connectivity index (χ0n) is 11.4. The van der Waals surface area contributed by atoms with E-state index in [0.717, 1.165) is 16.2 Å². The molecule has 0 spiro atoms. The number of fused-ring (bicyclic) bond motifs is 1. The molecular weight excluding hydrogens is 276 g/mol. The van der Waals surface area contributed by atoms with Crippen LogP contribution in [0.3, 0.4) is 0 Å². The second kappa shape index (κ2) is 5.05. The summed E-state index contributed by atoms with van der Waals surface area (Å²) in [4.78, 5) is 5.53. The van der Waals surface area contributed by atoms with E-state index in [4.69, 9.17) is 14.2 Å². The molecule has 0 saturated heterocycles. The first-order chi connectivity index (χ1) is 9.76. The van der Waals surface area contributed by atoms with Gasteiger partial charge in [0.2, 0.25) is 5.75 Å². The minimum Gasteiger partial charge on any atom is -0.493 e. The van der Waals surface area contributed by atoms with Gasteiger partial charge in [0.15, 0.2) is 16.5 Å². The van der Waals surface area contributed by atoms with Gasteiger partial charge in [-0.1, -0.05) is 0 Å². The Morgan fingerprint density at radius 3 is 2.30 bits per heavy atom. The molecule has 0 unspecified atom stereocenters. The summed E-state index contributed by atoms with van der Waals surface area (Å²) >= 11 is 1.60. The zero-order chi connectivity index (χ0) is 14.1. The van der Waals surface area contributed by atoms with Crippen LogP contribution in [0.25, 0.3) is 16.2 Å². The Labute approximate surface area is 120 Å². The van der Waals surface area contributed by atoms with Gasteiger partial charge in [-0.3, -0.25) is 4.40 Å². The van der Waals surface area contributed by atoms with Crippen LogP contribution in [0.5, 0.6) is 17.2 Å². The van der Waals surface area contributed by atoms with Gasteiger partial charge in [-0.25, -0.2) is 4.98 Å². The van der Waals surface area contributed by atoms with E-state index in [2.05, 4.69) is 4.98 Å². The Bertz CT molecular complexity index is 694. The summed E-state index contributed by atoms with van der Waals surface area (Å²) in [6.45, 7) is 0. The average Bonchev–Trinajstić information content (AvgIpc) is 3.06. The van der Waals surface area contributed by atoms with Crippen LogP contribution >= 0.6 is 11.3 Å². The Kier molecular flexibility index (Phi) is 3.23. The molecule has 2 heterocycles.